The minimum absolute atomic E-state index is 0.0609. The van der Waals surface area contributed by atoms with Gasteiger partial charge >= 0.3 is 0 Å². The van der Waals surface area contributed by atoms with Crippen LogP contribution in [0.3, 0.4) is 0 Å². The minimum atomic E-state index is -0.327. The number of aromatic nitrogens is 2. The summed E-state index contributed by atoms with van der Waals surface area (Å²) >= 11 is 0. The molecule has 0 radical (unpaired) electrons. The number of H-pyrrole nitrogens is 1. The van der Waals surface area contributed by atoms with Crippen molar-refractivity contribution in [2.45, 2.75) is 31.5 Å². The molecule has 1 amide bonds. The van der Waals surface area contributed by atoms with Crippen molar-refractivity contribution in [2.75, 3.05) is 27.3 Å². The molecule has 2 aliphatic rings. The average molecular weight is 371 g/mol. The lowest BCUT2D eigenvalue weighted by Gasteiger charge is -2.56. The van der Waals surface area contributed by atoms with Crippen LogP contribution in [0.2, 0.25) is 0 Å². The summed E-state index contributed by atoms with van der Waals surface area (Å²) in [4.78, 5) is 14.7. The third-order valence-electron chi connectivity index (χ3n) is 6.18. The van der Waals surface area contributed by atoms with E-state index in [1.807, 2.05) is 29.2 Å². The Morgan fingerprint density at radius 2 is 2.07 bits per heavy atom. The number of benzene rings is 1. The first-order valence-corrected chi connectivity index (χ1v) is 9.27. The Kier molecular flexibility index (Phi) is 4.65. The van der Waals surface area contributed by atoms with E-state index in [2.05, 4.69) is 10.2 Å². The molecule has 1 saturated heterocycles. The number of carbonyl (C=O) groups excluding carboxylic acids is 1. The van der Waals surface area contributed by atoms with Gasteiger partial charge in [0.15, 0.2) is 0 Å². The number of aliphatic hydroxyl groups excluding tert-OH is 1. The van der Waals surface area contributed by atoms with Crippen molar-refractivity contribution in [1.82, 2.24) is 15.1 Å². The molecule has 2 heterocycles. The summed E-state index contributed by atoms with van der Waals surface area (Å²) in [7, 11) is 3.31. The van der Waals surface area contributed by atoms with Crippen LogP contribution >= 0.6 is 0 Å². The molecular weight excluding hydrogens is 346 g/mol. The van der Waals surface area contributed by atoms with E-state index in [0.29, 0.717) is 30.9 Å². The second-order valence-electron chi connectivity index (χ2n) is 7.40. The lowest BCUT2D eigenvalue weighted by atomic mass is 9.58. The SMILES string of the molecule is COc1cccc(-c2cc(C(=O)N3CCC4(CC3)[C@@H](O)C[C@H]4OC)[nH]n2)c1. The Hall–Kier alpha value is -2.38. The third kappa shape index (κ3) is 3.00. The number of methoxy groups -OCH3 is 2. The van der Waals surface area contributed by atoms with Gasteiger partial charge in [0, 0.05) is 37.6 Å². The van der Waals surface area contributed by atoms with Crippen LogP contribution in [0.5, 0.6) is 5.75 Å². The molecule has 2 aromatic rings. The fourth-order valence-electron chi connectivity index (χ4n) is 4.37. The monoisotopic (exact) mass is 371 g/mol. The molecule has 27 heavy (non-hydrogen) atoms. The second-order valence-corrected chi connectivity index (χ2v) is 7.40. The first-order valence-electron chi connectivity index (χ1n) is 9.27. The van der Waals surface area contributed by atoms with E-state index in [-0.39, 0.29) is 23.5 Å². The summed E-state index contributed by atoms with van der Waals surface area (Å²) in [6.07, 6.45) is 1.97. The van der Waals surface area contributed by atoms with Crippen molar-refractivity contribution in [1.29, 1.82) is 0 Å². The van der Waals surface area contributed by atoms with Crippen molar-refractivity contribution in [3.05, 3.63) is 36.0 Å². The molecule has 1 aromatic carbocycles. The van der Waals surface area contributed by atoms with Gasteiger partial charge < -0.3 is 19.5 Å². The fraction of sp³-hybridized carbons (Fsp3) is 0.500. The first kappa shape index (κ1) is 18.0. The Labute approximate surface area is 158 Å². The number of likely N-dealkylation sites (tertiary alicyclic amines) is 1. The molecule has 7 heteroatoms. The van der Waals surface area contributed by atoms with E-state index in [9.17, 15) is 9.90 Å². The highest BCUT2D eigenvalue weighted by Gasteiger charge is 2.56. The summed E-state index contributed by atoms with van der Waals surface area (Å²) in [5.74, 6) is 0.686. The predicted octanol–water partition coefficient (Wildman–Crippen LogP) is 2.09. The number of piperidine rings is 1. The fourth-order valence-corrected chi connectivity index (χ4v) is 4.37. The summed E-state index contributed by atoms with van der Waals surface area (Å²) in [5, 5.41) is 17.4. The molecule has 4 rings (SSSR count). The quantitative estimate of drug-likeness (QED) is 0.859. The minimum Gasteiger partial charge on any atom is -0.497 e. The van der Waals surface area contributed by atoms with Crippen LogP contribution < -0.4 is 4.74 Å². The van der Waals surface area contributed by atoms with Gasteiger partial charge in [0.1, 0.15) is 11.4 Å². The first-order chi connectivity index (χ1) is 13.1. The number of carbonyl (C=O) groups is 1. The molecule has 7 nitrogen and oxygen atoms in total. The Bertz CT molecular complexity index is 826. The van der Waals surface area contributed by atoms with Crippen LogP contribution in [0.15, 0.2) is 30.3 Å². The summed E-state index contributed by atoms with van der Waals surface area (Å²) in [6, 6.07) is 9.36. The van der Waals surface area contributed by atoms with Gasteiger partial charge in [-0.3, -0.25) is 9.89 Å². The second kappa shape index (κ2) is 6.98. The number of aromatic amines is 1. The van der Waals surface area contributed by atoms with E-state index in [0.717, 1.165) is 24.2 Å². The highest BCUT2D eigenvalue weighted by molar-refractivity contribution is 5.93. The van der Waals surface area contributed by atoms with E-state index in [4.69, 9.17) is 9.47 Å². The zero-order chi connectivity index (χ0) is 19.0. The number of amides is 1. The maximum Gasteiger partial charge on any atom is 0.271 e. The maximum absolute atomic E-state index is 12.9. The number of nitrogens with zero attached hydrogens (tertiary/aromatic N) is 2. The van der Waals surface area contributed by atoms with Crippen LogP contribution in [-0.4, -0.2) is 65.6 Å². The molecule has 2 fully saturated rings. The van der Waals surface area contributed by atoms with Crippen molar-refractivity contribution >= 4 is 5.91 Å². The largest absolute Gasteiger partial charge is 0.497 e. The predicted molar refractivity (Wildman–Crippen MR) is 99.6 cm³/mol. The molecule has 0 unspecified atom stereocenters. The maximum atomic E-state index is 12.9. The van der Waals surface area contributed by atoms with E-state index < -0.39 is 0 Å². The smallest absolute Gasteiger partial charge is 0.271 e. The Morgan fingerprint density at radius 3 is 2.74 bits per heavy atom. The van der Waals surface area contributed by atoms with Gasteiger partial charge in [-0.2, -0.15) is 5.10 Å². The van der Waals surface area contributed by atoms with Crippen LogP contribution in [0.1, 0.15) is 29.8 Å². The number of nitrogens with one attached hydrogen (secondary N) is 1. The normalized spacial score (nSPS) is 23.9. The molecule has 1 aliphatic carbocycles. The molecule has 1 spiro atoms. The van der Waals surface area contributed by atoms with Gasteiger partial charge in [0.25, 0.3) is 5.91 Å². The number of aliphatic hydroxyl groups is 1. The topological polar surface area (TPSA) is 87.7 Å². The average Bonchev–Trinajstić information content (AvgIpc) is 3.21. The Morgan fingerprint density at radius 1 is 1.30 bits per heavy atom. The summed E-state index contributed by atoms with van der Waals surface area (Å²) < 4.78 is 10.8. The standard InChI is InChI=1S/C20H25N3O4/c1-26-14-5-3-4-13(10-14)15-11-16(22-21-15)19(25)23-8-6-20(7-9-23)17(24)12-18(20)27-2/h3-5,10-11,17-18,24H,6-9,12H2,1-2H3,(H,21,22)/t17-,18+/m0/s1. The van der Waals surface area contributed by atoms with Gasteiger partial charge in [-0.1, -0.05) is 12.1 Å². The van der Waals surface area contributed by atoms with Gasteiger partial charge in [-0.25, -0.2) is 0 Å². The zero-order valence-electron chi connectivity index (χ0n) is 15.6. The molecule has 1 aliphatic heterocycles. The molecular formula is C20H25N3O4. The number of ether oxygens (including phenoxy) is 2. The van der Waals surface area contributed by atoms with Crippen LogP contribution in [-0.2, 0) is 4.74 Å². The van der Waals surface area contributed by atoms with Crippen molar-refractivity contribution in [3.63, 3.8) is 0 Å². The van der Waals surface area contributed by atoms with Crippen LogP contribution in [0.4, 0.5) is 0 Å². The molecule has 2 atom stereocenters. The molecule has 1 saturated carbocycles. The lowest BCUT2D eigenvalue weighted by molar-refractivity contribution is -0.199. The van der Waals surface area contributed by atoms with Crippen molar-refractivity contribution in [3.8, 4) is 17.0 Å². The molecule has 144 valence electrons. The number of hydrogen-bond donors (Lipinski definition) is 2. The van der Waals surface area contributed by atoms with Crippen LogP contribution in [0, 0.1) is 5.41 Å². The van der Waals surface area contributed by atoms with Crippen molar-refractivity contribution < 1.29 is 19.4 Å². The van der Waals surface area contributed by atoms with E-state index in [1.165, 1.54) is 0 Å². The van der Waals surface area contributed by atoms with E-state index in [1.54, 1.807) is 20.3 Å². The Balaban J connectivity index is 1.44. The lowest BCUT2D eigenvalue weighted by Crippen LogP contribution is -2.62. The van der Waals surface area contributed by atoms with Gasteiger partial charge in [-0.05, 0) is 31.0 Å². The van der Waals surface area contributed by atoms with Gasteiger partial charge in [0.2, 0.25) is 0 Å². The van der Waals surface area contributed by atoms with Crippen LogP contribution in [0.25, 0.3) is 11.3 Å². The summed E-state index contributed by atoms with van der Waals surface area (Å²) in [5.41, 5.74) is 1.88. The van der Waals surface area contributed by atoms with E-state index >= 15 is 0 Å². The molecule has 0 bridgehead atoms. The van der Waals surface area contributed by atoms with Gasteiger partial charge in [-0.15, -0.1) is 0 Å². The third-order valence-corrected chi connectivity index (χ3v) is 6.18. The van der Waals surface area contributed by atoms with Crippen molar-refractivity contribution in [2.24, 2.45) is 5.41 Å². The molecule has 2 N–H and O–H groups in total. The number of hydrogen-bond acceptors (Lipinski definition) is 5. The zero-order valence-corrected chi connectivity index (χ0v) is 15.6. The highest BCUT2D eigenvalue weighted by Crippen LogP contribution is 2.50. The number of rotatable bonds is 4. The summed E-state index contributed by atoms with van der Waals surface area (Å²) in [6.45, 7) is 1.23. The van der Waals surface area contributed by atoms with Gasteiger partial charge in [0.05, 0.1) is 25.0 Å². The molecule has 1 aromatic heterocycles. The highest BCUT2D eigenvalue weighted by atomic mass is 16.5.